The van der Waals surface area contributed by atoms with Crippen LogP contribution in [0, 0.1) is 0 Å². The van der Waals surface area contributed by atoms with Crippen LogP contribution < -0.4 is 11.4 Å². The van der Waals surface area contributed by atoms with Crippen molar-refractivity contribution in [3.05, 3.63) is 22.7 Å². The van der Waals surface area contributed by atoms with E-state index in [0.29, 0.717) is 0 Å². The number of hydrogen-bond acceptors (Lipinski definition) is 6. The molecule has 7 heteroatoms. The molecular formula is C9H13N3O4. The van der Waals surface area contributed by atoms with Crippen LogP contribution in [0.15, 0.2) is 17.1 Å². The van der Waals surface area contributed by atoms with Crippen molar-refractivity contribution in [2.75, 3.05) is 12.3 Å². The summed E-state index contributed by atoms with van der Waals surface area (Å²) >= 11 is 0. The lowest BCUT2D eigenvalue weighted by molar-refractivity contribution is -0.0458. The lowest BCUT2D eigenvalue weighted by atomic mass is 10.2. The highest BCUT2D eigenvalue weighted by molar-refractivity contribution is 5.23. The number of rotatable bonds is 2. The highest BCUT2D eigenvalue weighted by atomic mass is 16.5. The SMILES string of the molecule is [2H][C@]1(O)C[C@H](n2ccc(N)nc2=O)O[C@@H]1CO. The zero-order valence-electron chi connectivity index (χ0n) is 9.41. The van der Waals surface area contributed by atoms with Gasteiger partial charge >= 0.3 is 5.69 Å². The van der Waals surface area contributed by atoms with Crippen LogP contribution in [0.2, 0.25) is 0 Å². The van der Waals surface area contributed by atoms with Crippen LogP contribution in [-0.2, 0) is 4.74 Å². The maximum absolute atomic E-state index is 11.5. The van der Waals surface area contributed by atoms with Crippen molar-refractivity contribution in [2.24, 2.45) is 0 Å². The van der Waals surface area contributed by atoms with Crippen LogP contribution >= 0.6 is 0 Å². The van der Waals surface area contributed by atoms with E-state index in [9.17, 15) is 9.90 Å². The van der Waals surface area contributed by atoms with Gasteiger partial charge in [-0.05, 0) is 6.07 Å². The topological polar surface area (TPSA) is 111 Å². The summed E-state index contributed by atoms with van der Waals surface area (Å²) in [4.78, 5) is 15.0. The standard InChI is InChI=1S/C9H13N3O4/c10-7-1-2-12(9(15)11-7)8-3-5(14)6(4-13)16-8/h1-2,5-6,8,13-14H,3-4H2,(H2,10,11,15)/t5-,6+,8+/m0/s1/i5D. The number of hydrogen-bond donors (Lipinski definition) is 3. The molecule has 16 heavy (non-hydrogen) atoms. The molecule has 2 heterocycles. The van der Waals surface area contributed by atoms with E-state index in [1.165, 1.54) is 12.3 Å². The molecule has 0 amide bonds. The molecule has 1 aromatic rings. The van der Waals surface area contributed by atoms with Crippen LogP contribution in [0.3, 0.4) is 0 Å². The highest BCUT2D eigenvalue weighted by Crippen LogP contribution is 2.27. The average molecular weight is 228 g/mol. The van der Waals surface area contributed by atoms with Gasteiger partial charge in [0.1, 0.15) is 18.1 Å². The zero-order valence-corrected chi connectivity index (χ0v) is 8.41. The minimum Gasteiger partial charge on any atom is -0.394 e. The van der Waals surface area contributed by atoms with E-state index >= 15 is 0 Å². The third-order valence-electron chi connectivity index (χ3n) is 2.40. The van der Waals surface area contributed by atoms with Gasteiger partial charge in [0.05, 0.1) is 14.1 Å². The summed E-state index contributed by atoms with van der Waals surface area (Å²) in [6.07, 6.45) is -2.53. The fraction of sp³-hybridized carbons (Fsp3) is 0.556. The third-order valence-corrected chi connectivity index (χ3v) is 2.40. The molecule has 0 bridgehead atoms. The van der Waals surface area contributed by atoms with Crippen molar-refractivity contribution >= 4 is 5.82 Å². The van der Waals surface area contributed by atoms with Gasteiger partial charge in [0.15, 0.2) is 0 Å². The molecule has 0 saturated carbocycles. The summed E-state index contributed by atoms with van der Waals surface area (Å²) in [5.41, 5.74) is 4.72. The molecule has 1 saturated heterocycles. The van der Waals surface area contributed by atoms with Gasteiger partial charge in [-0.3, -0.25) is 4.57 Å². The molecule has 1 aliphatic heterocycles. The Bertz CT molecular complexity index is 476. The van der Waals surface area contributed by atoms with E-state index in [4.69, 9.17) is 16.9 Å². The summed E-state index contributed by atoms with van der Waals surface area (Å²) in [5.74, 6) is 0.0871. The first-order chi connectivity index (χ1) is 7.94. The molecule has 0 spiro atoms. The zero-order chi connectivity index (χ0) is 12.6. The smallest absolute Gasteiger partial charge is 0.351 e. The Balaban J connectivity index is 2.29. The Morgan fingerprint density at radius 3 is 3.12 bits per heavy atom. The largest absolute Gasteiger partial charge is 0.394 e. The monoisotopic (exact) mass is 228 g/mol. The molecule has 88 valence electrons. The summed E-state index contributed by atoms with van der Waals surface area (Å²) < 4.78 is 13.9. The highest BCUT2D eigenvalue weighted by Gasteiger charge is 2.34. The molecule has 0 unspecified atom stereocenters. The molecule has 7 nitrogen and oxygen atoms in total. The molecule has 0 aliphatic carbocycles. The van der Waals surface area contributed by atoms with E-state index in [2.05, 4.69) is 4.98 Å². The molecule has 0 radical (unpaired) electrons. The van der Waals surface area contributed by atoms with Crippen LogP contribution in [0.5, 0.6) is 0 Å². The lowest BCUT2D eigenvalue weighted by Gasteiger charge is -2.13. The van der Waals surface area contributed by atoms with Crippen molar-refractivity contribution in [1.29, 1.82) is 0 Å². The second kappa shape index (κ2) is 4.20. The van der Waals surface area contributed by atoms with Crippen LogP contribution in [0.4, 0.5) is 5.82 Å². The van der Waals surface area contributed by atoms with Crippen molar-refractivity contribution < 1.29 is 16.3 Å². The second-order valence-electron chi connectivity index (χ2n) is 3.50. The minimum atomic E-state index is -1.92. The molecule has 0 aromatic carbocycles. The molecule has 2 rings (SSSR count). The van der Waals surface area contributed by atoms with Crippen LogP contribution in [-0.4, -0.2) is 38.6 Å². The third kappa shape index (κ3) is 1.92. The summed E-state index contributed by atoms with van der Waals surface area (Å²) in [7, 11) is 0. The molecule has 1 aliphatic rings. The van der Waals surface area contributed by atoms with Gasteiger partial charge in [-0.1, -0.05) is 0 Å². The van der Waals surface area contributed by atoms with Gasteiger partial charge in [-0.2, -0.15) is 4.98 Å². The number of nitrogens with two attached hydrogens (primary N) is 1. The summed E-state index contributed by atoms with van der Waals surface area (Å²) in [5, 5.41) is 18.6. The first kappa shape index (κ1) is 9.76. The lowest BCUT2D eigenvalue weighted by Crippen LogP contribution is -2.27. The fourth-order valence-electron chi connectivity index (χ4n) is 1.58. The number of nitrogen functional groups attached to an aromatic ring is 1. The Morgan fingerprint density at radius 2 is 2.56 bits per heavy atom. The van der Waals surface area contributed by atoms with E-state index < -0.39 is 30.7 Å². The van der Waals surface area contributed by atoms with Gasteiger partial charge in [0, 0.05) is 12.6 Å². The quantitative estimate of drug-likeness (QED) is 0.566. The van der Waals surface area contributed by atoms with Gasteiger partial charge < -0.3 is 20.7 Å². The predicted octanol–water partition coefficient (Wildman–Crippen LogP) is -1.53. The molecule has 1 fully saturated rings. The summed E-state index contributed by atoms with van der Waals surface area (Å²) in [6, 6.07) is 1.42. The number of anilines is 1. The van der Waals surface area contributed by atoms with Crippen LogP contribution in [0.1, 0.15) is 14.0 Å². The number of nitrogens with zero attached hydrogens (tertiary/aromatic N) is 2. The molecule has 1 aromatic heterocycles. The van der Waals surface area contributed by atoms with Crippen LogP contribution in [0.25, 0.3) is 0 Å². The normalized spacial score (nSPS) is 35.0. The predicted molar refractivity (Wildman–Crippen MR) is 54.5 cm³/mol. The number of ether oxygens (including phenoxy) is 1. The second-order valence-corrected chi connectivity index (χ2v) is 3.50. The van der Waals surface area contributed by atoms with Crippen molar-refractivity contribution in [3.63, 3.8) is 0 Å². The maximum atomic E-state index is 11.5. The van der Waals surface area contributed by atoms with Crippen molar-refractivity contribution in [1.82, 2.24) is 9.55 Å². The average Bonchev–Trinajstić information content (AvgIpc) is 2.53. The Labute approximate surface area is 92.5 Å². The minimum absolute atomic E-state index is 0.0871. The Morgan fingerprint density at radius 1 is 1.81 bits per heavy atom. The van der Waals surface area contributed by atoms with E-state index in [-0.39, 0.29) is 12.2 Å². The fourth-order valence-corrected chi connectivity index (χ4v) is 1.58. The Kier molecular flexibility index (Phi) is 2.56. The molecule has 4 N–H and O–H groups in total. The van der Waals surface area contributed by atoms with Crippen molar-refractivity contribution in [3.8, 4) is 0 Å². The van der Waals surface area contributed by atoms with Gasteiger partial charge in [0.2, 0.25) is 0 Å². The van der Waals surface area contributed by atoms with Gasteiger partial charge in [-0.25, -0.2) is 4.79 Å². The molecular weight excluding hydrogens is 214 g/mol. The molecule has 3 atom stereocenters. The van der Waals surface area contributed by atoms with E-state index in [1.807, 2.05) is 0 Å². The van der Waals surface area contributed by atoms with E-state index in [0.717, 1.165) is 4.57 Å². The number of aliphatic hydroxyl groups is 2. The van der Waals surface area contributed by atoms with Gasteiger partial charge in [-0.15, -0.1) is 0 Å². The first-order valence-corrected chi connectivity index (χ1v) is 4.77. The number of aliphatic hydroxyl groups excluding tert-OH is 1. The number of aromatic nitrogens is 2. The van der Waals surface area contributed by atoms with Gasteiger partial charge in [0.25, 0.3) is 0 Å². The summed E-state index contributed by atoms with van der Waals surface area (Å²) in [6.45, 7) is -0.492. The van der Waals surface area contributed by atoms with E-state index in [1.54, 1.807) is 0 Å². The van der Waals surface area contributed by atoms with Crippen molar-refractivity contribution in [2.45, 2.75) is 24.8 Å². The Hall–Kier alpha value is -1.44. The maximum Gasteiger partial charge on any atom is 0.351 e. The first-order valence-electron chi connectivity index (χ1n) is 5.27.